The summed E-state index contributed by atoms with van der Waals surface area (Å²) in [5.74, 6) is -4.11. The number of halogens is 3. The van der Waals surface area contributed by atoms with Gasteiger partial charge < -0.3 is 10.1 Å². The lowest BCUT2D eigenvalue weighted by Crippen LogP contribution is -2.21. The van der Waals surface area contributed by atoms with Crippen LogP contribution in [0.5, 0.6) is 0 Å². The smallest absolute Gasteiger partial charge is 0.341 e. The second kappa shape index (κ2) is 7.67. The van der Waals surface area contributed by atoms with Crippen LogP contribution in [0.1, 0.15) is 10.4 Å². The van der Waals surface area contributed by atoms with Gasteiger partial charge in [-0.2, -0.15) is 0 Å². The Morgan fingerprint density at radius 1 is 1.20 bits per heavy atom. The van der Waals surface area contributed by atoms with E-state index in [1.54, 1.807) is 0 Å². The maximum absolute atomic E-state index is 13.4. The summed E-state index contributed by atoms with van der Waals surface area (Å²) in [6.07, 6.45) is 0. The zero-order valence-electron chi connectivity index (χ0n) is 12.3. The molecule has 1 amide bonds. The molecule has 0 spiro atoms. The first-order chi connectivity index (χ1) is 11.8. The highest BCUT2D eigenvalue weighted by atomic mass is 35.5. The molecule has 0 bridgehead atoms. The van der Waals surface area contributed by atoms with Crippen molar-refractivity contribution in [3.8, 4) is 0 Å². The number of benzene rings is 2. The minimum atomic E-state index is -1.19. The van der Waals surface area contributed by atoms with Crippen molar-refractivity contribution in [1.82, 2.24) is 0 Å². The molecule has 0 radical (unpaired) electrons. The van der Waals surface area contributed by atoms with E-state index in [0.717, 1.165) is 24.3 Å². The van der Waals surface area contributed by atoms with E-state index in [0.29, 0.717) is 6.07 Å². The Morgan fingerprint density at radius 2 is 1.92 bits per heavy atom. The van der Waals surface area contributed by atoms with Crippen LogP contribution in [-0.2, 0) is 9.53 Å². The lowest BCUT2D eigenvalue weighted by atomic mass is 10.2. The molecule has 0 atom stereocenters. The minimum absolute atomic E-state index is 0.145. The zero-order valence-corrected chi connectivity index (χ0v) is 13.0. The van der Waals surface area contributed by atoms with Crippen LogP contribution in [0.4, 0.5) is 20.2 Å². The molecule has 0 saturated heterocycles. The summed E-state index contributed by atoms with van der Waals surface area (Å²) in [6, 6.07) is 5.73. The van der Waals surface area contributed by atoms with Gasteiger partial charge in [0.05, 0.1) is 10.5 Å². The number of carbonyl (C=O) groups excluding carboxylic acids is 2. The van der Waals surface area contributed by atoms with Crippen molar-refractivity contribution in [1.29, 1.82) is 0 Å². The Morgan fingerprint density at radius 3 is 2.56 bits per heavy atom. The highest BCUT2D eigenvalue weighted by Crippen LogP contribution is 2.27. The first kappa shape index (κ1) is 18.3. The van der Waals surface area contributed by atoms with Crippen LogP contribution in [0.2, 0.25) is 5.02 Å². The number of hydrogen-bond donors (Lipinski definition) is 1. The Bertz CT molecular complexity index is 860. The van der Waals surface area contributed by atoms with Crippen molar-refractivity contribution in [2.45, 2.75) is 0 Å². The predicted molar refractivity (Wildman–Crippen MR) is 83.4 cm³/mol. The van der Waals surface area contributed by atoms with Crippen LogP contribution in [0, 0.1) is 21.7 Å². The molecule has 2 rings (SSSR count). The number of nitrogens with zero attached hydrogens (tertiary/aromatic N) is 1. The van der Waals surface area contributed by atoms with Crippen LogP contribution in [-0.4, -0.2) is 23.4 Å². The Kier molecular flexibility index (Phi) is 5.60. The van der Waals surface area contributed by atoms with Gasteiger partial charge in [-0.1, -0.05) is 11.6 Å². The van der Waals surface area contributed by atoms with Crippen molar-refractivity contribution in [3.63, 3.8) is 0 Å². The third-order valence-electron chi connectivity index (χ3n) is 2.91. The van der Waals surface area contributed by atoms with Gasteiger partial charge in [-0.3, -0.25) is 14.9 Å². The van der Waals surface area contributed by atoms with Crippen molar-refractivity contribution >= 4 is 34.9 Å². The summed E-state index contributed by atoms with van der Waals surface area (Å²) in [5.41, 5.74) is -1.15. The minimum Gasteiger partial charge on any atom is -0.452 e. The van der Waals surface area contributed by atoms with Gasteiger partial charge in [0.25, 0.3) is 11.6 Å². The van der Waals surface area contributed by atoms with Crippen molar-refractivity contribution in [2.75, 3.05) is 11.9 Å². The molecule has 2 aromatic rings. The second-order valence-electron chi connectivity index (χ2n) is 4.67. The first-order valence-corrected chi connectivity index (χ1v) is 7.01. The molecule has 0 unspecified atom stereocenters. The predicted octanol–water partition coefficient (Wildman–Crippen LogP) is 3.32. The number of carbonyl (C=O) groups is 2. The monoisotopic (exact) mass is 370 g/mol. The van der Waals surface area contributed by atoms with Gasteiger partial charge >= 0.3 is 5.97 Å². The second-order valence-corrected chi connectivity index (χ2v) is 5.10. The van der Waals surface area contributed by atoms with Gasteiger partial charge in [0.15, 0.2) is 6.61 Å². The van der Waals surface area contributed by atoms with E-state index in [4.69, 9.17) is 11.6 Å². The standard InChI is InChI=1S/C15H9ClF2N2O5/c16-8-1-4-13(20(23)24)12(5-8)19-14(21)7-25-15(22)10-3-2-9(17)6-11(10)18/h1-6H,7H2,(H,19,21). The summed E-state index contributed by atoms with van der Waals surface area (Å²) in [6.45, 7) is -0.834. The van der Waals surface area contributed by atoms with Crippen LogP contribution >= 0.6 is 11.6 Å². The number of rotatable bonds is 5. The van der Waals surface area contributed by atoms with Gasteiger partial charge in [0.2, 0.25) is 0 Å². The molecular weight excluding hydrogens is 362 g/mol. The van der Waals surface area contributed by atoms with Gasteiger partial charge in [-0.25, -0.2) is 13.6 Å². The fourth-order valence-electron chi connectivity index (χ4n) is 1.82. The summed E-state index contributed by atoms with van der Waals surface area (Å²) in [4.78, 5) is 33.6. The molecule has 0 saturated carbocycles. The number of esters is 1. The lowest BCUT2D eigenvalue weighted by Gasteiger charge is -2.08. The first-order valence-electron chi connectivity index (χ1n) is 6.64. The van der Waals surface area contributed by atoms with Crippen molar-refractivity contribution < 1.29 is 28.0 Å². The number of nitro groups is 1. The van der Waals surface area contributed by atoms with Gasteiger partial charge in [0.1, 0.15) is 17.3 Å². The molecular formula is C15H9ClF2N2O5. The third kappa shape index (κ3) is 4.70. The van der Waals surface area contributed by atoms with Crippen molar-refractivity contribution in [3.05, 3.63) is 68.7 Å². The number of ether oxygens (including phenoxy) is 1. The molecule has 2 aromatic carbocycles. The van der Waals surface area contributed by atoms with Gasteiger partial charge in [-0.05, 0) is 24.3 Å². The van der Waals surface area contributed by atoms with Crippen LogP contribution in [0.15, 0.2) is 36.4 Å². The molecule has 0 fully saturated rings. The molecule has 1 N–H and O–H groups in total. The molecule has 0 aliphatic heterocycles. The topological polar surface area (TPSA) is 98.5 Å². The summed E-state index contributed by atoms with van der Waals surface area (Å²) in [7, 11) is 0. The lowest BCUT2D eigenvalue weighted by molar-refractivity contribution is -0.383. The Hall–Kier alpha value is -3.07. The molecule has 0 heterocycles. The average molecular weight is 371 g/mol. The SMILES string of the molecule is O=C(COC(=O)c1ccc(F)cc1F)Nc1cc(Cl)ccc1[N+](=O)[O-]. The molecule has 0 aliphatic rings. The highest BCUT2D eigenvalue weighted by Gasteiger charge is 2.19. The van der Waals surface area contributed by atoms with Crippen molar-refractivity contribution in [2.24, 2.45) is 0 Å². The number of nitrogens with one attached hydrogen (secondary N) is 1. The maximum atomic E-state index is 13.4. The van der Waals surface area contributed by atoms with Gasteiger partial charge in [-0.15, -0.1) is 0 Å². The number of anilines is 1. The quantitative estimate of drug-likeness (QED) is 0.494. The summed E-state index contributed by atoms with van der Waals surface area (Å²) < 4.78 is 30.8. The molecule has 25 heavy (non-hydrogen) atoms. The van der Waals surface area contributed by atoms with E-state index < -0.39 is 46.3 Å². The van der Waals surface area contributed by atoms with E-state index in [1.165, 1.54) is 6.07 Å². The van der Waals surface area contributed by atoms with Gasteiger partial charge in [0, 0.05) is 17.2 Å². The van der Waals surface area contributed by atoms with E-state index in [-0.39, 0.29) is 10.7 Å². The zero-order chi connectivity index (χ0) is 18.6. The normalized spacial score (nSPS) is 10.2. The molecule has 0 aliphatic carbocycles. The molecule has 10 heteroatoms. The molecule has 0 aromatic heterocycles. The van der Waals surface area contributed by atoms with E-state index in [9.17, 15) is 28.5 Å². The van der Waals surface area contributed by atoms with Crippen LogP contribution in [0.3, 0.4) is 0 Å². The van der Waals surface area contributed by atoms with E-state index in [1.807, 2.05) is 0 Å². The number of hydrogen-bond acceptors (Lipinski definition) is 5. The van der Waals surface area contributed by atoms with Crippen LogP contribution < -0.4 is 5.32 Å². The maximum Gasteiger partial charge on any atom is 0.341 e. The Labute approximate surface area is 144 Å². The largest absolute Gasteiger partial charge is 0.452 e. The number of nitro benzene ring substituents is 1. The Balaban J connectivity index is 2.03. The van der Waals surface area contributed by atoms with E-state index >= 15 is 0 Å². The molecule has 7 nitrogen and oxygen atoms in total. The molecule has 130 valence electrons. The fraction of sp³-hybridized carbons (Fsp3) is 0.0667. The van der Waals surface area contributed by atoms with Crippen LogP contribution in [0.25, 0.3) is 0 Å². The highest BCUT2D eigenvalue weighted by molar-refractivity contribution is 6.31. The summed E-state index contributed by atoms with van der Waals surface area (Å²) >= 11 is 5.71. The number of amides is 1. The van der Waals surface area contributed by atoms with E-state index in [2.05, 4.69) is 10.1 Å². The third-order valence-corrected chi connectivity index (χ3v) is 3.15. The summed E-state index contributed by atoms with van der Waals surface area (Å²) in [5, 5.41) is 13.2. The average Bonchev–Trinajstić information content (AvgIpc) is 2.52. The fourth-order valence-corrected chi connectivity index (χ4v) is 1.99.